The molecule has 1 aliphatic rings. The monoisotopic (exact) mass is 463 g/mol. The number of nitriles is 1. The summed E-state index contributed by atoms with van der Waals surface area (Å²) in [6.07, 6.45) is 4.91. The second-order valence-electron chi connectivity index (χ2n) is 7.34. The Morgan fingerprint density at radius 3 is 2.44 bits per heavy atom. The third-order valence-electron chi connectivity index (χ3n) is 5.06. The maximum absolute atomic E-state index is 12.7. The molecule has 0 saturated carbocycles. The standard InChI is InChI=1S/C25H25N3O2S2/c26-16-10-18-27(21-13-6-2-7-14-21)23(29)15-8-3-9-17-28-24(30)22(32-25(28)31)19-20-11-4-1-5-12-20/h1-2,4-7,11-14,19H,3,8-10,15,17-18H2. The molecular formula is C25H25N3O2S2. The Hall–Kier alpha value is -2.95. The average Bonchev–Trinajstić information content (AvgIpc) is 3.07. The molecule has 0 unspecified atom stereocenters. The summed E-state index contributed by atoms with van der Waals surface area (Å²) in [7, 11) is 0. The third-order valence-corrected chi connectivity index (χ3v) is 6.44. The van der Waals surface area contributed by atoms with Crippen molar-refractivity contribution in [3.63, 3.8) is 0 Å². The van der Waals surface area contributed by atoms with Gasteiger partial charge in [-0.3, -0.25) is 14.5 Å². The molecule has 2 aromatic carbocycles. The van der Waals surface area contributed by atoms with Crippen LogP contribution in [0.3, 0.4) is 0 Å². The number of hydrogen-bond acceptors (Lipinski definition) is 5. The first-order valence-corrected chi connectivity index (χ1v) is 11.9. The van der Waals surface area contributed by atoms with E-state index in [1.165, 1.54) is 11.8 Å². The molecule has 1 fully saturated rings. The number of nitrogens with zero attached hydrogens (tertiary/aromatic N) is 3. The lowest BCUT2D eigenvalue weighted by molar-refractivity contribution is -0.122. The fourth-order valence-electron chi connectivity index (χ4n) is 3.42. The summed E-state index contributed by atoms with van der Waals surface area (Å²) in [6, 6.07) is 21.3. The Morgan fingerprint density at radius 1 is 1.06 bits per heavy atom. The van der Waals surface area contributed by atoms with Crippen molar-refractivity contribution in [2.24, 2.45) is 0 Å². The van der Waals surface area contributed by atoms with E-state index in [1.807, 2.05) is 66.7 Å². The van der Waals surface area contributed by atoms with Crippen LogP contribution in [0.5, 0.6) is 0 Å². The van der Waals surface area contributed by atoms with Gasteiger partial charge in [-0.1, -0.05) is 78.9 Å². The van der Waals surface area contributed by atoms with Gasteiger partial charge >= 0.3 is 0 Å². The van der Waals surface area contributed by atoms with Crippen molar-refractivity contribution in [3.8, 4) is 6.07 Å². The minimum absolute atomic E-state index is 0.0165. The van der Waals surface area contributed by atoms with Gasteiger partial charge in [-0.15, -0.1) is 0 Å². The molecule has 3 rings (SSSR count). The highest BCUT2D eigenvalue weighted by Gasteiger charge is 2.31. The highest BCUT2D eigenvalue weighted by atomic mass is 32.2. The van der Waals surface area contributed by atoms with E-state index in [0.29, 0.717) is 35.2 Å². The minimum Gasteiger partial charge on any atom is -0.311 e. The van der Waals surface area contributed by atoms with Gasteiger partial charge in [0.2, 0.25) is 5.91 Å². The molecule has 0 aromatic heterocycles. The average molecular weight is 464 g/mol. The predicted molar refractivity (Wildman–Crippen MR) is 134 cm³/mol. The van der Waals surface area contributed by atoms with E-state index < -0.39 is 0 Å². The Balaban J connectivity index is 1.46. The van der Waals surface area contributed by atoms with Gasteiger partial charge in [-0.2, -0.15) is 5.26 Å². The molecule has 2 amide bonds. The molecular weight excluding hydrogens is 438 g/mol. The molecule has 0 aliphatic carbocycles. The Labute approximate surface area is 198 Å². The largest absolute Gasteiger partial charge is 0.311 e. The molecule has 0 atom stereocenters. The molecule has 1 aliphatic heterocycles. The van der Waals surface area contributed by atoms with Gasteiger partial charge in [0, 0.05) is 25.2 Å². The summed E-state index contributed by atoms with van der Waals surface area (Å²) >= 11 is 6.74. The molecule has 7 heteroatoms. The van der Waals surface area contributed by atoms with Crippen LogP contribution in [0.2, 0.25) is 0 Å². The second-order valence-corrected chi connectivity index (χ2v) is 9.02. The van der Waals surface area contributed by atoms with Crippen LogP contribution >= 0.6 is 24.0 Å². The van der Waals surface area contributed by atoms with Crippen molar-refractivity contribution in [2.75, 3.05) is 18.0 Å². The lowest BCUT2D eigenvalue weighted by atomic mass is 10.1. The lowest BCUT2D eigenvalue weighted by Gasteiger charge is -2.22. The van der Waals surface area contributed by atoms with Gasteiger partial charge < -0.3 is 4.90 Å². The number of para-hydroxylation sites is 1. The quantitative estimate of drug-likeness (QED) is 0.268. The fourth-order valence-corrected chi connectivity index (χ4v) is 4.73. The molecule has 164 valence electrons. The molecule has 0 N–H and O–H groups in total. The molecule has 0 radical (unpaired) electrons. The first-order chi connectivity index (χ1) is 15.6. The zero-order valence-electron chi connectivity index (χ0n) is 17.8. The summed E-state index contributed by atoms with van der Waals surface area (Å²) in [5.74, 6) is -0.0328. The number of thiocarbonyl (C=S) groups is 1. The zero-order chi connectivity index (χ0) is 22.8. The van der Waals surface area contributed by atoms with Gasteiger partial charge in [-0.25, -0.2) is 0 Å². The molecule has 1 saturated heterocycles. The smallest absolute Gasteiger partial charge is 0.266 e. The predicted octanol–water partition coefficient (Wildman–Crippen LogP) is 5.40. The van der Waals surface area contributed by atoms with Gasteiger partial charge in [0.05, 0.1) is 17.4 Å². The maximum atomic E-state index is 12.7. The summed E-state index contributed by atoms with van der Waals surface area (Å²) in [5.41, 5.74) is 1.79. The summed E-state index contributed by atoms with van der Waals surface area (Å²) in [5, 5.41) is 8.90. The first kappa shape index (κ1) is 23.7. The second kappa shape index (κ2) is 12.2. The number of anilines is 1. The molecule has 5 nitrogen and oxygen atoms in total. The van der Waals surface area contributed by atoms with Crippen molar-refractivity contribution in [2.45, 2.75) is 32.1 Å². The summed E-state index contributed by atoms with van der Waals surface area (Å²) < 4.78 is 0.583. The third kappa shape index (κ3) is 6.52. The summed E-state index contributed by atoms with van der Waals surface area (Å²) in [6.45, 7) is 0.950. The number of rotatable bonds is 10. The van der Waals surface area contributed by atoms with Crippen LogP contribution in [-0.2, 0) is 9.59 Å². The van der Waals surface area contributed by atoms with E-state index in [0.717, 1.165) is 30.5 Å². The number of hydrogen-bond donors (Lipinski definition) is 0. The van der Waals surface area contributed by atoms with Crippen molar-refractivity contribution in [1.29, 1.82) is 5.26 Å². The van der Waals surface area contributed by atoms with E-state index >= 15 is 0 Å². The fraction of sp³-hybridized carbons (Fsp3) is 0.280. The number of unbranched alkanes of at least 4 members (excludes halogenated alkanes) is 2. The van der Waals surface area contributed by atoms with Gasteiger partial charge in [-0.05, 0) is 36.6 Å². The number of carbonyl (C=O) groups is 2. The molecule has 0 spiro atoms. The van der Waals surface area contributed by atoms with Crippen LogP contribution in [0.1, 0.15) is 37.7 Å². The number of benzene rings is 2. The van der Waals surface area contributed by atoms with Crippen molar-refractivity contribution < 1.29 is 9.59 Å². The SMILES string of the molecule is N#CCCN(C(=O)CCCCCN1C(=O)C(=Cc2ccccc2)SC1=S)c1ccccc1. The number of carbonyl (C=O) groups excluding carboxylic acids is 2. The number of thioether (sulfide) groups is 1. The van der Waals surface area contributed by atoms with Crippen LogP contribution in [-0.4, -0.2) is 34.1 Å². The van der Waals surface area contributed by atoms with E-state index in [9.17, 15) is 9.59 Å². The van der Waals surface area contributed by atoms with Crippen molar-refractivity contribution in [1.82, 2.24) is 4.90 Å². The Morgan fingerprint density at radius 2 is 1.75 bits per heavy atom. The Bertz CT molecular complexity index is 1020. The van der Waals surface area contributed by atoms with Gasteiger partial charge in [0.1, 0.15) is 4.32 Å². The molecule has 1 heterocycles. The van der Waals surface area contributed by atoms with Gasteiger partial charge in [0.25, 0.3) is 5.91 Å². The van der Waals surface area contributed by atoms with Gasteiger partial charge in [0.15, 0.2) is 0 Å². The topological polar surface area (TPSA) is 64.4 Å². The normalized spacial score (nSPS) is 14.6. The molecule has 0 bridgehead atoms. The van der Waals surface area contributed by atoms with E-state index in [2.05, 4.69) is 6.07 Å². The van der Waals surface area contributed by atoms with Crippen molar-refractivity contribution in [3.05, 3.63) is 71.1 Å². The van der Waals surface area contributed by atoms with Crippen LogP contribution < -0.4 is 4.90 Å². The molecule has 2 aromatic rings. The van der Waals surface area contributed by atoms with Crippen LogP contribution in [0, 0.1) is 11.3 Å². The van der Waals surface area contributed by atoms with Crippen LogP contribution in [0.15, 0.2) is 65.6 Å². The zero-order valence-corrected chi connectivity index (χ0v) is 19.4. The highest BCUT2D eigenvalue weighted by Crippen LogP contribution is 2.32. The minimum atomic E-state index is -0.0494. The number of amides is 2. The summed E-state index contributed by atoms with van der Waals surface area (Å²) in [4.78, 5) is 29.4. The van der Waals surface area contributed by atoms with E-state index in [1.54, 1.807) is 9.80 Å². The lowest BCUT2D eigenvalue weighted by Crippen LogP contribution is -2.31. The van der Waals surface area contributed by atoms with E-state index in [4.69, 9.17) is 17.5 Å². The van der Waals surface area contributed by atoms with Crippen molar-refractivity contribution >= 4 is 51.9 Å². The van der Waals surface area contributed by atoms with Crippen LogP contribution in [0.4, 0.5) is 5.69 Å². The van der Waals surface area contributed by atoms with E-state index in [-0.39, 0.29) is 11.8 Å². The highest BCUT2D eigenvalue weighted by molar-refractivity contribution is 8.26. The van der Waals surface area contributed by atoms with Crippen LogP contribution in [0.25, 0.3) is 6.08 Å². The maximum Gasteiger partial charge on any atom is 0.266 e. The molecule has 32 heavy (non-hydrogen) atoms. The Kier molecular flexibility index (Phi) is 9.02. The first-order valence-electron chi connectivity index (χ1n) is 10.6.